The molecule has 0 radical (unpaired) electrons. The van der Waals surface area contributed by atoms with Crippen LogP contribution in [0.3, 0.4) is 0 Å². The molecule has 0 spiro atoms. The van der Waals surface area contributed by atoms with Gasteiger partial charge in [-0.3, -0.25) is 4.90 Å². The van der Waals surface area contributed by atoms with Gasteiger partial charge in [0.15, 0.2) is 0 Å². The lowest BCUT2D eigenvalue weighted by Gasteiger charge is -2.34. The summed E-state index contributed by atoms with van der Waals surface area (Å²) in [6, 6.07) is 5.52. The lowest BCUT2D eigenvalue weighted by Crippen LogP contribution is -2.45. The highest BCUT2D eigenvalue weighted by molar-refractivity contribution is 9.10. The van der Waals surface area contributed by atoms with Crippen LogP contribution in [0.1, 0.15) is 11.6 Å². The summed E-state index contributed by atoms with van der Waals surface area (Å²) < 4.78 is 19.7. The fourth-order valence-electron chi connectivity index (χ4n) is 2.34. The molecule has 0 amide bonds. The predicted molar refractivity (Wildman–Crippen MR) is 81.1 cm³/mol. The molecule has 1 aliphatic heterocycles. The minimum atomic E-state index is -0.396. The average molecular weight is 354 g/mol. The maximum atomic E-state index is 13.4. The zero-order valence-corrected chi connectivity index (χ0v) is 13.3. The van der Waals surface area contributed by atoms with Crippen molar-refractivity contribution in [2.45, 2.75) is 6.04 Å². The van der Waals surface area contributed by atoms with Gasteiger partial charge in [-0.2, -0.15) is 0 Å². The van der Waals surface area contributed by atoms with Gasteiger partial charge in [0.1, 0.15) is 12.4 Å². The van der Waals surface area contributed by atoms with E-state index < -0.39 is 6.67 Å². The van der Waals surface area contributed by atoms with E-state index in [0.29, 0.717) is 0 Å². The van der Waals surface area contributed by atoms with Gasteiger partial charge in [0.25, 0.3) is 0 Å². The predicted octanol–water partition coefficient (Wildman–Crippen LogP) is 2.80. The van der Waals surface area contributed by atoms with Crippen molar-refractivity contribution in [3.8, 4) is 5.75 Å². The Kier molecular flexibility index (Phi) is 7.07. The highest BCUT2D eigenvalue weighted by Crippen LogP contribution is 2.32. The standard InChI is InChI=1S/C13H18BrFN2O.ClH/c1-18-13-3-2-10(14)8-11(13)12(9-15)17-6-4-16-5-7-17;/h2-3,8,12,16H,4-7,9H2,1H3;1H/t12-;/m1./s1. The van der Waals surface area contributed by atoms with Crippen molar-refractivity contribution >= 4 is 28.3 Å². The lowest BCUT2D eigenvalue weighted by molar-refractivity contribution is 0.145. The molecule has 1 aromatic rings. The summed E-state index contributed by atoms with van der Waals surface area (Å²) in [6.45, 7) is 3.15. The van der Waals surface area contributed by atoms with Crippen LogP contribution in [0.5, 0.6) is 5.75 Å². The lowest BCUT2D eigenvalue weighted by atomic mass is 10.0. The second-order valence-electron chi connectivity index (χ2n) is 4.34. The Morgan fingerprint density at radius 2 is 2.11 bits per heavy atom. The van der Waals surface area contributed by atoms with E-state index in [4.69, 9.17) is 4.74 Å². The SMILES string of the molecule is COc1ccc(Br)cc1[C@@H](CF)N1CCNCC1.Cl. The number of nitrogens with one attached hydrogen (secondary N) is 1. The Bertz CT molecular complexity index is 402. The maximum Gasteiger partial charge on any atom is 0.123 e. The minimum absolute atomic E-state index is 0. The molecule has 3 nitrogen and oxygen atoms in total. The second-order valence-corrected chi connectivity index (χ2v) is 5.26. The van der Waals surface area contributed by atoms with E-state index in [1.54, 1.807) is 7.11 Å². The van der Waals surface area contributed by atoms with E-state index in [-0.39, 0.29) is 18.4 Å². The molecule has 1 saturated heterocycles. The summed E-state index contributed by atoms with van der Waals surface area (Å²) in [7, 11) is 1.62. The number of piperazine rings is 1. The number of hydrogen-bond acceptors (Lipinski definition) is 3. The highest BCUT2D eigenvalue weighted by Gasteiger charge is 2.24. The van der Waals surface area contributed by atoms with Gasteiger partial charge < -0.3 is 10.1 Å². The van der Waals surface area contributed by atoms with E-state index in [2.05, 4.69) is 26.1 Å². The number of methoxy groups -OCH3 is 1. The molecule has 6 heteroatoms. The third kappa shape index (κ3) is 4.05. The largest absolute Gasteiger partial charge is 0.496 e. The van der Waals surface area contributed by atoms with Gasteiger partial charge in [0, 0.05) is 36.2 Å². The minimum Gasteiger partial charge on any atom is -0.496 e. The molecular formula is C13H19BrClFN2O. The van der Waals surface area contributed by atoms with Gasteiger partial charge in [-0.05, 0) is 18.2 Å². The van der Waals surface area contributed by atoms with Crippen molar-refractivity contribution in [2.24, 2.45) is 0 Å². The quantitative estimate of drug-likeness (QED) is 0.901. The van der Waals surface area contributed by atoms with Crippen molar-refractivity contribution in [1.82, 2.24) is 10.2 Å². The molecule has 1 atom stereocenters. The van der Waals surface area contributed by atoms with Crippen molar-refractivity contribution < 1.29 is 9.13 Å². The van der Waals surface area contributed by atoms with E-state index in [1.165, 1.54) is 0 Å². The molecule has 1 aliphatic rings. The summed E-state index contributed by atoms with van der Waals surface area (Å²) in [5.41, 5.74) is 0.913. The monoisotopic (exact) mass is 352 g/mol. The average Bonchev–Trinajstić information content (AvgIpc) is 2.41. The Hall–Kier alpha value is -0.360. The molecule has 0 bridgehead atoms. The number of ether oxygens (including phenoxy) is 1. The molecule has 108 valence electrons. The summed E-state index contributed by atoms with van der Waals surface area (Å²) in [5, 5.41) is 3.28. The number of hydrogen-bond donors (Lipinski definition) is 1. The van der Waals surface area contributed by atoms with Gasteiger partial charge in [-0.1, -0.05) is 15.9 Å². The number of alkyl halides is 1. The third-order valence-electron chi connectivity index (χ3n) is 3.29. The summed E-state index contributed by atoms with van der Waals surface area (Å²) in [4.78, 5) is 2.17. The summed E-state index contributed by atoms with van der Waals surface area (Å²) in [6.07, 6.45) is 0. The van der Waals surface area contributed by atoms with E-state index in [0.717, 1.165) is 42.0 Å². The van der Waals surface area contributed by atoms with Gasteiger partial charge >= 0.3 is 0 Å². The molecule has 2 rings (SSSR count). The van der Waals surface area contributed by atoms with E-state index >= 15 is 0 Å². The summed E-state index contributed by atoms with van der Waals surface area (Å²) in [5.74, 6) is 0.749. The van der Waals surface area contributed by atoms with Crippen LogP contribution in [0.25, 0.3) is 0 Å². The van der Waals surface area contributed by atoms with Crippen LogP contribution in [0.15, 0.2) is 22.7 Å². The van der Waals surface area contributed by atoms with Crippen molar-refractivity contribution in [3.63, 3.8) is 0 Å². The van der Waals surface area contributed by atoms with Crippen LogP contribution in [-0.2, 0) is 0 Å². The van der Waals surface area contributed by atoms with Crippen LogP contribution in [0, 0.1) is 0 Å². The number of halogens is 3. The first-order valence-corrected chi connectivity index (χ1v) is 6.89. The van der Waals surface area contributed by atoms with Crippen LogP contribution in [0.4, 0.5) is 4.39 Å². The van der Waals surface area contributed by atoms with Crippen LogP contribution in [0.2, 0.25) is 0 Å². The van der Waals surface area contributed by atoms with Gasteiger partial charge in [-0.15, -0.1) is 12.4 Å². The van der Waals surface area contributed by atoms with E-state index in [9.17, 15) is 4.39 Å². The molecule has 1 N–H and O–H groups in total. The molecule has 0 unspecified atom stereocenters. The van der Waals surface area contributed by atoms with Gasteiger partial charge in [0.05, 0.1) is 13.2 Å². The normalized spacial score (nSPS) is 17.6. The molecule has 1 fully saturated rings. The first kappa shape index (κ1) is 16.7. The molecule has 19 heavy (non-hydrogen) atoms. The highest BCUT2D eigenvalue weighted by atomic mass is 79.9. The van der Waals surface area contributed by atoms with Gasteiger partial charge in [-0.25, -0.2) is 4.39 Å². The topological polar surface area (TPSA) is 24.5 Å². The summed E-state index contributed by atoms with van der Waals surface area (Å²) >= 11 is 3.44. The molecule has 0 aliphatic carbocycles. The Labute approximate surface area is 128 Å². The molecule has 1 heterocycles. The number of benzene rings is 1. The maximum absolute atomic E-state index is 13.4. The van der Waals surface area contributed by atoms with Crippen molar-refractivity contribution in [2.75, 3.05) is 40.0 Å². The first-order chi connectivity index (χ1) is 8.76. The zero-order valence-electron chi connectivity index (χ0n) is 10.9. The smallest absolute Gasteiger partial charge is 0.123 e. The molecule has 0 aromatic heterocycles. The van der Waals surface area contributed by atoms with Crippen LogP contribution in [-0.4, -0.2) is 44.9 Å². The Morgan fingerprint density at radius 3 is 2.68 bits per heavy atom. The number of nitrogens with zero attached hydrogens (tertiary/aromatic N) is 1. The third-order valence-corrected chi connectivity index (χ3v) is 3.78. The van der Waals surface area contributed by atoms with E-state index in [1.807, 2.05) is 18.2 Å². The Morgan fingerprint density at radius 1 is 1.42 bits per heavy atom. The fourth-order valence-corrected chi connectivity index (χ4v) is 2.72. The zero-order chi connectivity index (χ0) is 13.0. The van der Waals surface area contributed by atoms with Crippen LogP contribution < -0.4 is 10.1 Å². The fraction of sp³-hybridized carbons (Fsp3) is 0.538. The number of rotatable bonds is 4. The van der Waals surface area contributed by atoms with Crippen LogP contribution >= 0.6 is 28.3 Å². The first-order valence-electron chi connectivity index (χ1n) is 6.10. The molecular weight excluding hydrogens is 335 g/mol. The molecule has 1 aromatic carbocycles. The second kappa shape index (κ2) is 8.04. The van der Waals surface area contributed by atoms with Crippen molar-refractivity contribution in [1.29, 1.82) is 0 Å². The van der Waals surface area contributed by atoms with Gasteiger partial charge in [0.2, 0.25) is 0 Å². The molecule has 0 saturated carbocycles. The Balaban J connectivity index is 0.00000180. The van der Waals surface area contributed by atoms with Crippen molar-refractivity contribution in [3.05, 3.63) is 28.2 Å².